The molecule has 1 fully saturated rings. The van der Waals surface area contributed by atoms with Crippen molar-refractivity contribution < 1.29 is 4.79 Å². The summed E-state index contributed by atoms with van der Waals surface area (Å²) in [5, 5.41) is 0. The minimum Gasteiger partial charge on any atom is -0.334 e. The minimum atomic E-state index is -0.0245. The zero-order chi connectivity index (χ0) is 13.2. The van der Waals surface area contributed by atoms with Gasteiger partial charge in [0, 0.05) is 6.54 Å². The Balaban J connectivity index is 1.98. The number of likely N-dealkylation sites (N-methyl/N-ethyl adjacent to an activating group) is 1. The van der Waals surface area contributed by atoms with Gasteiger partial charge in [-0.05, 0) is 18.1 Å². The SMILES string of the molecule is CCN1C(=O)[C@@H](c2ccccc2)[C@@H]1c1ccccc1. The standard InChI is InChI=1S/C17H17NO/c1-2-18-16(14-11-7-4-8-12-14)15(17(18)19)13-9-5-3-6-10-13/h3-12,15-16H,2H2,1H3/t15-,16-/m0/s1. The van der Waals surface area contributed by atoms with Crippen LogP contribution in [0.1, 0.15) is 30.0 Å². The molecule has 0 aromatic heterocycles. The number of carbonyl (C=O) groups excluding carboxylic acids is 1. The van der Waals surface area contributed by atoms with Gasteiger partial charge in [0.1, 0.15) is 0 Å². The summed E-state index contributed by atoms with van der Waals surface area (Å²) in [6.07, 6.45) is 0. The van der Waals surface area contributed by atoms with Crippen LogP contribution >= 0.6 is 0 Å². The van der Waals surface area contributed by atoms with E-state index in [4.69, 9.17) is 0 Å². The average Bonchev–Trinajstić information content (AvgIpc) is 2.47. The van der Waals surface area contributed by atoms with Gasteiger partial charge in [-0.15, -0.1) is 0 Å². The highest BCUT2D eigenvalue weighted by Gasteiger charge is 2.47. The van der Waals surface area contributed by atoms with Gasteiger partial charge in [0.15, 0.2) is 0 Å². The highest BCUT2D eigenvalue weighted by molar-refractivity contribution is 5.91. The highest BCUT2D eigenvalue weighted by atomic mass is 16.2. The van der Waals surface area contributed by atoms with Crippen molar-refractivity contribution in [2.45, 2.75) is 18.9 Å². The Kier molecular flexibility index (Phi) is 3.08. The lowest BCUT2D eigenvalue weighted by atomic mass is 9.78. The summed E-state index contributed by atoms with van der Waals surface area (Å²) >= 11 is 0. The number of hydrogen-bond acceptors (Lipinski definition) is 1. The molecule has 0 saturated carbocycles. The summed E-state index contributed by atoms with van der Waals surface area (Å²) < 4.78 is 0. The number of nitrogens with zero attached hydrogens (tertiary/aromatic N) is 1. The fraction of sp³-hybridized carbons (Fsp3) is 0.235. The van der Waals surface area contributed by atoms with E-state index in [0.29, 0.717) is 0 Å². The van der Waals surface area contributed by atoms with E-state index in [9.17, 15) is 4.79 Å². The van der Waals surface area contributed by atoms with Gasteiger partial charge < -0.3 is 4.90 Å². The van der Waals surface area contributed by atoms with Gasteiger partial charge in [0.25, 0.3) is 0 Å². The number of amides is 1. The maximum absolute atomic E-state index is 12.3. The first kappa shape index (κ1) is 12.0. The molecule has 2 heteroatoms. The molecule has 0 spiro atoms. The fourth-order valence-electron chi connectivity index (χ4n) is 2.91. The number of β-lactam (4-membered cyclic amide) rings is 1. The first-order valence-electron chi connectivity index (χ1n) is 6.73. The van der Waals surface area contributed by atoms with Gasteiger partial charge in [0.05, 0.1) is 12.0 Å². The first-order chi connectivity index (χ1) is 9.33. The van der Waals surface area contributed by atoms with Crippen molar-refractivity contribution in [2.24, 2.45) is 0 Å². The van der Waals surface area contributed by atoms with E-state index >= 15 is 0 Å². The zero-order valence-electron chi connectivity index (χ0n) is 11.0. The molecule has 1 heterocycles. The van der Waals surface area contributed by atoms with E-state index < -0.39 is 0 Å². The molecule has 1 aliphatic heterocycles. The number of rotatable bonds is 3. The molecule has 1 aliphatic rings. The van der Waals surface area contributed by atoms with Crippen LogP contribution in [0.5, 0.6) is 0 Å². The maximum atomic E-state index is 12.3. The second-order valence-electron chi connectivity index (χ2n) is 4.87. The van der Waals surface area contributed by atoms with Crippen molar-refractivity contribution in [3.8, 4) is 0 Å². The van der Waals surface area contributed by atoms with E-state index in [2.05, 4.69) is 12.1 Å². The first-order valence-corrected chi connectivity index (χ1v) is 6.73. The summed E-state index contributed by atoms with van der Waals surface area (Å²) in [4.78, 5) is 14.3. The molecule has 2 aromatic rings. The third-order valence-corrected chi connectivity index (χ3v) is 3.84. The Hall–Kier alpha value is -2.09. The van der Waals surface area contributed by atoms with E-state index in [1.807, 2.05) is 60.4 Å². The molecular weight excluding hydrogens is 234 g/mol. The van der Waals surface area contributed by atoms with E-state index in [-0.39, 0.29) is 17.9 Å². The fourth-order valence-corrected chi connectivity index (χ4v) is 2.91. The van der Waals surface area contributed by atoms with Crippen molar-refractivity contribution in [3.05, 3.63) is 71.8 Å². The van der Waals surface area contributed by atoms with Crippen molar-refractivity contribution >= 4 is 5.91 Å². The Bertz CT molecular complexity index is 564. The van der Waals surface area contributed by atoms with Crippen LogP contribution < -0.4 is 0 Å². The molecule has 2 atom stereocenters. The van der Waals surface area contributed by atoms with Crippen LogP contribution in [-0.2, 0) is 4.79 Å². The lowest BCUT2D eigenvalue weighted by Gasteiger charge is -2.47. The van der Waals surface area contributed by atoms with E-state index in [1.165, 1.54) is 5.56 Å². The third kappa shape index (κ3) is 1.93. The summed E-state index contributed by atoms with van der Waals surface area (Å²) in [7, 11) is 0. The maximum Gasteiger partial charge on any atom is 0.233 e. The number of benzene rings is 2. The van der Waals surface area contributed by atoms with Crippen LogP contribution in [0.4, 0.5) is 0 Å². The quantitative estimate of drug-likeness (QED) is 0.766. The Morgan fingerprint density at radius 3 is 1.95 bits per heavy atom. The molecule has 0 aliphatic carbocycles. The van der Waals surface area contributed by atoms with Crippen molar-refractivity contribution in [3.63, 3.8) is 0 Å². The van der Waals surface area contributed by atoms with Gasteiger partial charge in [-0.2, -0.15) is 0 Å². The molecule has 1 saturated heterocycles. The predicted octanol–water partition coefficient (Wildman–Crippen LogP) is 3.37. The van der Waals surface area contributed by atoms with Crippen LogP contribution in [0.3, 0.4) is 0 Å². The smallest absolute Gasteiger partial charge is 0.233 e. The molecule has 0 radical (unpaired) electrons. The molecule has 19 heavy (non-hydrogen) atoms. The van der Waals surface area contributed by atoms with Crippen LogP contribution in [0.25, 0.3) is 0 Å². The van der Waals surface area contributed by atoms with Crippen molar-refractivity contribution in [2.75, 3.05) is 6.54 Å². The second kappa shape index (κ2) is 4.88. The van der Waals surface area contributed by atoms with Crippen LogP contribution in [-0.4, -0.2) is 17.4 Å². The predicted molar refractivity (Wildman–Crippen MR) is 75.8 cm³/mol. The van der Waals surface area contributed by atoms with E-state index in [1.54, 1.807) is 0 Å². The molecule has 96 valence electrons. The normalized spacial score (nSPS) is 22.2. The molecule has 2 nitrogen and oxygen atoms in total. The minimum absolute atomic E-state index is 0.0245. The highest BCUT2D eigenvalue weighted by Crippen LogP contribution is 2.45. The molecule has 0 unspecified atom stereocenters. The van der Waals surface area contributed by atoms with Crippen molar-refractivity contribution in [1.82, 2.24) is 4.90 Å². The Labute approximate surface area is 113 Å². The van der Waals surface area contributed by atoms with Crippen LogP contribution in [0.2, 0.25) is 0 Å². The number of likely N-dealkylation sites (tertiary alicyclic amines) is 1. The molecular formula is C17H17NO. The largest absolute Gasteiger partial charge is 0.334 e. The topological polar surface area (TPSA) is 20.3 Å². The lowest BCUT2D eigenvalue weighted by molar-refractivity contribution is -0.149. The number of hydrogen-bond donors (Lipinski definition) is 0. The van der Waals surface area contributed by atoms with E-state index in [0.717, 1.165) is 12.1 Å². The van der Waals surface area contributed by atoms with Gasteiger partial charge in [-0.1, -0.05) is 60.7 Å². The zero-order valence-corrected chi connectivity index (χ0v) is 11.0. The van der Waals surface area contributed by atoms with Gasteiger partial charge in [0.2, 0.25) is 5.91 Å². The molecule has 0 N–H and O–H groups in total. The van der Waals surface area contributed by atoms with Gasteiger partial charge >= 0.3 is 0 Å². The van der Waals surface area contributed by atoms with Gasteiger partial charge in [-0.25, -0.2) is 0 Å². The molecule has 1 amide bonds. The molecule has 0 bridgehead atoms. The molecule has 2 aromatic carbocycles. The Morgan fingerprint density at radius 1 is 0.895 bits per heavy atom. The lowest BCUT2D eigenvalue weighted by Crippen LogP contribution is -2.53. The summed E-state index contributed by atoms with van der Waals surface area (Å²) in [6.45, 7) is 2.80. The molecule has 3 rings (SSSR count). The third-order valence-electron chi connectivity index (χ3n) is 3.84. The summed E-state index contributed by atoms with van der Waals surface area (Å²) in [5.74, 6) is 0.214. The summed E-state index contributed by atoms with van der Waals surface area (Å²) in [5.41, 5.74) is 2.34. The monoisotopic (exact) mass is 251 g/mol. The van der Waals surface area contributed by atoms with Crippen LogP contribution in [0.15, 0.2) is 60.7 Å². The van der Waals surface area contributed by atoms with Crippen LogP contribution in [0, 0.1) is 0 Å². The second-order valence-corrected chi connectivity index (χ2v) is 4.87. The van der Waals surface area contributed by atoms with Gasteiger partial charge in [-0.3, -0.25) is 4.79 Å². The summed E-state index contributed by atoms with van der Waals surface area (Å²) in [6, 6.07) is 20.6. The average molecular weight is 251 g/mol. The van der Waals surface area contributed by atoms with Crippen molar-refractivity contribution in [1.29, 1.82) is 0 Å². The Morgan fingerprint density at radius 2 is 1.42 bits per heavy atom. The number of carbonyl (C=O) groups is 1.